The highest BCUT2D eigenvalue weighted by molar-refractivity contribution is 6.30. The Morgan fingerprint density at radius 3 is 2.61 bits per heavy atom. The van der Waals surface area contributed by atoms with Crippen LogP contribution in [0.1, 0.15) is 19.0 Å². The van der Waals surface area contributed by atoms with Gasteiger partial charge >= 0.3 is 0 Å². The van der Waals surface area contributed by atoms with E-state index in [9.17, 15) is 4.39 Å². The maximum Gasteiger partial charge on any atom is 0.161 e. The van der Waals surface area contributed by atoms with E-state index < -0.39 is 5.82 Å². The first-order chi connectivity index (χ1) is 8.60. The molecule has 0 aliphatic rings. The molecule has 0 spiro atoms. The molecule has 0 amide bonds. The van der Waals surface area contributed by atoms with Crippen molar-refractivity contribution in [3.05, 3.63) is 46.0 Å². The normalized spacial score (nSPS) is 10.7. The average Bonchev–Trinajstić information content (AvgIpc) is 2.32. The first kappa shape index (κ1) is 13.2. The number of hydrogen-bond donors (Lipinski definition) is 0. The van der Waals surface area contributed by atoms with Crippen molar-refractivity contribution in [3.8, 4) is 11.4 Å². The summed E-state index contributed by atoms with van der Waals surface area (Å²) in [5.74, 6) is -0.0729. The molecule has 0 saturated heterocycles. The topological polar surface area (TPSA) is 25.8 Å². The van der Waals surface area contributed by atoms with E-state index >= 15 is 0 Å². The van der Waals surface area contributed by atoms with E-state index in [1.165, 1.54) is 12.1 Å². The van der Waals surface area contributed by atoms with Crippen LogP contribution in [0, 0.1) is 5.82 Å². The third-order valence-electron chi connectivity index (χ3n) is 2.43. The van der Waals surface area contributed by atoms with Crippen LogP contribution in [-0.2, 0) is 6.42 Å². The molecular formula is C13H11Cl2FN2. The van der Waals surface area contributed by atoms with Crippen molar-refractivity contribution in [3.63, 3.8) is 0 Å². The summed E-state index contributed by atoms with van der Waals surface area (Å²) in [6.07, 6.45) is 1.77. The smallest absolute Gasteiger partial charge is 0.161 e. The molecular weight excluding hydrogens is 274 g/mol. The minimum absolute atomic E-state index is 0.0783. The van der Waals surface area contributed by atoms with Crippen molar-refractivity contribution in [2.24, 2.45) is 0 Å². The van der Waals surface area contributed by atoms with E-state index in [1.807, 2.05) is 0 Å². The van der Waals surface area contributed by atoms with Crippen molar-refractivity contribution in [1.82, 2.24) is 9.97 Å². The Morgan fingerprint density at radius 2 is 1.94 bits per heavy atom. The number of halogens is 3. The van der Waals surface area contributed by atoms with Crippen molar-refractivity contribution in [2.75, 3.05) is 0 Å². The van der Waals surface area contributed by atoms with Crippen LogP contribution in [0.3, 0.4) is 0 Å². The maximum atomic E-state index is 13.4. The standard InChI is InChI=1S/C13H11Cl2FN2/c1-2-3-9-7-12(15)18-13(17-9)8-4-5-10(14)11(16)6-8/h4-7H,2-3H2,1H3. The zero-order valence-electron chi connectivity index (χ0n) is 9.75. The van der Waals surface area contributed by atoms with Gasteiger partial charge in [0.15, 0.2) is 5.82 Å². The minimum atomic E-state index is -0.491. The lowest BCUT2D eigenvalue weighted by Gasteiger charge is -2.05. The number of hydrogen-bond acceptors (Lipinski definition) is 2. The fourth-order valence-electron chi connectivity index (χ4n) is 1.61. The predicted molar refractivity (Wildman–Crippen MR) is 71.4 cm³/mol. The first-order valence-corrected chi connectivity index (χ1v) is 6.34. The first-order valence-electron chi connectivity index (χ1n) is 5.59. The van der Waals surface area contributed by atoms with E-state index in [2.05, 4.69) is 16.9 Å². The molecule has 2 aromatic rings. The molecule has 0 radical (unpaired) electrons. The number of benzene rings is 1. The Morgan fingerprint density at radius 1 is 1.17 bits per heavy atom. The van der Waals surface area contributed by atoms with Gasteiger partial charge < -0.3 is 0 Å². The number of aromatic nitrogens is 2. The van der Waals surface area contributed by atoms with Gasteiger partial charge in [0.2, 0.25) is 0 Å². The molecule has 0 unspecified atom stereocenters. The van der Waals surface area contributed by atoms with Crippen LogP contribution >= 0.6 is 23.2 Å². The van der Waals surface area contributed by atoms with Crippen molar-refractivity contribution >= 4 is 23.2 Å². The monoisotopic (exact) mass is 284 g/mol. The van der Waals surface area contributed by atoms with Gasteiger partial charge in [0.25, 0.3) is 0 Å². The predicted octanol–water partition coefficient (Wildman–Crippen LogP) is 4.54. The van der Waals surface area contributed by atoms with Gasteiger partial charge in [-0.25, -0.2) is 14.4 Å². The fourth-order valence-corrected chi connectivity index (χ4v) is 1.94. The van der Waals surface area contributed by atoms with E-state index in [-0.39, 0.29) is 5.02 Å². The maximum absolute atomic E-state index is 13.4. The molecule has 2 nitrogen and oxygen atoms in total. The molecule has 0 fully saturated rings. The lowest BCUT2D eigenvalue weighted by atomic mass is 10.2. The number of nitrogens with zero attached hydrogens (tertiary/aromatic N) is 2. The fraction of sp³-hybridized carbons (Fsp3) is 0.231. The number of rotatable bonds is 3. The van der Waals surface area contributed by atoms with Crippen LogP contribution in [-0.4, -0.2) is 9.97 Å². The van der Waals surface area contributed by atoms with Gasteiger partial charge in [0, 0.05) is 11.3 Å². The van der Waals surface area contributed by atoms with Crippen LogP contribution in [0.25, 0.3) is 11.4 Å². The Balaban J connectivity index is 2.46. The van der Waals surface area contributed by atoms with Crippen LogP contribution in [0.2, 0.25) is 10.2 Å². The molecule has 5 heteroatoms. The largest absolute Gasteiger partial charge is 0.233 e. The van der Waals surface area contributed by atoms with Gasteiger partial charge in [-0.15, -0.1) is 0 Å². The van der Waals surface area contributed by atoms with Crippen molar-refractivity contribution < 1.29 is 4.39 Å². The summed E-state index contributed by atoms with van der Waals surface area (Å²) in [4.78, 5) is 8.46. The molecule has 18 heavy (non-hydrogen) atoms. The second-order valence-corrected chi connectivity index (χ2v) is 4.68. The summed E-state index contributed by atoms with van der Waals surface area (Å²) >= 11 is 11.6. The summed E-state index contributed by atoms with van der Waals surface area (Å²) in [6, 6.07) is 6.19. The Bertz CT molecular complexity index is 573. The summed E-state index contributed by atoms with van der Waals surface area (Å²) < 4.78 is 13.4. The highest BCUT2D eigenvalue weighted by atomic mass is 35.5. The van der Waals surface area contributed by atoms with E-state index in [4.69, 9.17) is 23.2 Å². The summed E-state index contributed by atoms with van der Waals surface area (Å²) in [5, 5.41) is 0.438. The van der Waals surface area contributed by atoms with Crippen LogP contribution < -0.4 is 0 Å². The molecule has 1 heterocycles. The van der Waals surface area contributed by atoms with E-state index in [0.29, 0.717) is 16.5 Å². The average molecular weight is 285 g/mol. The second-order valence-electron chi connectivity index (χ2n) is 3.88. The molecule has 1 aromatic heterocycles. The van der Waals surface area contributed by atoms with Gasteiger partial charge in [0.1, 0.15) is 11.0 Å². The summed E-state index contributed by atoms with van der Waals surface area (Å²) in [5.41, 5.74) is 1.42. The highest BCUT2D eigenvalue weighted by Gasteiger charge is 2.08. The zero-order chi connectivity index (χ0) is 13.1. The third-order valence-corrected chi connectivity index (χ3v) is 2.93. The van der Waals surface area contributed by atoms with Crippen LogP contribution in [0.4, 0.5) is 4.39 Å². The summed E-state index contributed by atoms with van der Waals surface area (Å²) in [7, 11) is 0. The van der Waals surface area contributed by atoms with E-state index in [1.54, 1.807) is 12.1 Å². The van der Waals surface area contributed by atoms with E-state index in [0.717, 1.165) is 18.5 Å². The highest BCUT2D eigenvalue weighted by Crippen LogP contribution is 2.23. The molecule has 0 aliphatic carbocycles. The SMILES string of the molecule is CCCc1cc(Cl)nc(-c2ccc(Cl)c(F)c2)n1. The van der Waals surface area contributed by atoms with Gasteiger partial charge in [-0.05, 0) is 30.7 Å². The molecule has 0 bridgehead atoms. The molecule has 94 valence electrons. The second kappa shape index (κ2) is 5.63. The van der Waals surface area contributed by atoms with Crippen LogP contribution in [0.15, 0.2) is 24.3 Å². The quantitative estimate of drug-likeness (QED) is 0.773. The Kier molecular flexibility index (Phi) is 4.15. The van der Waals surface area contributed by atoms with Crippen molar-refractivity contribution in [2.45, 2.75) is 19.8 Å². The van der Waals surface area contributed by atoms with Gasteiger partial charge in [-0.2, -0.15) is 0 Å². The Labute approximate surface area is 115 Å². The molecule has 2 rings (SSSR count). The van der Waals surface area contributed by atoms with Gasteiger partial charge in [-0.1, -0.05) is 36.5 Å². The van der Waals surface area contributed by atoms with Crippen molar-refractivity contribution in [1.29, 1.82) is 0 Å². The molecule has 0 atom stereocenters. The van der Waals surface area contributed by atoms with Crippen LogP contribution in [0.5, 0.6) is 0 Å². The summed E-state index contributed by atoms with van der Waals surface area (Å²) in [6.45, 7) is 2.05. The molecule has 0 N–H and O–H groups in total. The minimum Gasteiger partial charge on any atom is -0.233 e. The molecule has 0 aliphatic heterocycles. The Hall–Kier alpha value is -1.19. The molecule has 1 aromatic carbocycles. The molecule has 0 saturated carbocycles. The van der Waals surface area contributed by atoms with Gasteiger partial charge in [-0.3, -0.25) is 0 Å². The lowest BCUT2D eigenvalue weighted by Crippen LogP contribution is -1.96. The lowest BCUT2D eigenvalue weighted by molar-refractivity contribution is 0.628. The van der Waals surface area contributed by atoms with Gasteiger partial charge in [0.05, 0.1) is 5.02 Å². The number of aryl methyl sites for hydroxylation is 1. The zero-order valence-corrected chi connectivity index (χ0v) is 11.3. The third kappa shape index (κ3) is 2.98.